The predicted octanol–water partition coefficient (Wildman–Crippen LogP) is 2.35. The molecule has 21 heavy (non-hydrogen) atoms. The molecule has 2 N–H and O–H groups in total. The molecule has 0 saturated heterocycles. The van der Waals surface area contributed by atoms with Crippen LogP contribution in [-0.2, 0) is 0 Å². The molecule has 1 fully saturated rings. The maximum Gasteiger partial charge on any atom is 0.252 e. The zero-order valence-electron chi connectivity index (χ0n) is 12.5. The zero-order chi connectivity index (χ0) is 15.3. The predicted molar refractivity (Wildman–Crippen MR) is 87.6 cm³/mol. The maximum atomic E-state index is 12.4. The van der Waals surface area contributed by atoms with Crippen molar-refractivity contribution in [2.24, 2.45) is 0 Å². The summed E-state index contributed by atoms with van der Waals surface area (Å²) in [6.07, 6.45) is 4.86. The molecule has 0 unspecified atom stereocenters. The van der Waals surface area contributed by atoms with Gasteiger partial charge in [0.1, 0.15) is 0 Å². The number of rotatable bonds is 5. The molecule has 0 bridgehead atoms. The molecule has 1 amide bonds. The van der Waals surface area contributed by atoms with E-state index in [-0.39, 0.29) is 17.3 Å². The fraction of sp³-hybridized carbons (Fsp3) is 0.471. The standard InChI is InChI=1S/C17H21NO2S/c1-13-6-7-15(14(11-13)5-3-4-10-19)16(20)18-12-17(21-2)8-9-17/h6-7,11,19H,4,8-10,12H2,1-2H3,(H,18,20). The monoisotopic (exact) mass is 303 g/mol. The molecule has 0 aliphatic heterocycles. The van der Waals surface area contributed by atoms with Gasteiger partial charge in [0, 0.05) is 23.3 Å². The van der Waals surface area contributed by atoms with Crippen LogP contribution < -0.4 is 5.32 Å². The Bertz CT molecular complexity index is 582. The number of thioether (sulfide) groups is 1. The van der Waals surface area contributed by atoms with Crippen molar-refractivity contribution < 1.29 is 9.90 Å². The summed E-state index contributed by atoms with van der Waals surface area (Å²) in [7, 11) is 0. The van der Waals surface area contributed by atoms with Gasteiger partial charge in [-0.15, -0.1) is 0 Å². The van der Waals surface area contributed by atoms with Gasteiger partial charge in [-0.05, 0) is 43.7 Å². The van der Waals surface area contributed by atoms with Crippen LogP contribution in [0.3, 0.4) is 0 Å². The number of nitrogens with one attached hydrogen (secondary N) is 1. The van der Waals surface area contributed by atoms with Crippen LogP contribution in [0.4, 0.5) is 0 Å². The Hall–Kier alpha value is -1.44. The second-order valence-corrected chi connectivity index (χ2v) is 6.67. The van der Waals surface area contributed by atoms with Crippen LogP contribution in [0.1, 0.15) is 40.7 Å². The summed E-state index contributed by atoms with van der Waals surface area (Å²) in [5.74, 6) is 5.81. The number of benzene rings is 1. The van der Waals surface area contributed by atoms with Crippen molar-refractivity contribution >= 4 is 17.7 Å². The maximum absolute atomic E-state index is 12.4. The number of hydrogen-bond acceptors (Lipinski definition) is 3. The van der Waals surface area contributed by atoms with Gasteiger partial charge in [0.05, 0.1) is 12.2 Å². The lowest BCUT2D eigenvalue weighted by Crippen LogP contribution is -2.32. The molecule has 3 nitrogen and oxygen atoms in total. The molecule has 1 aliphatic carbocycles. The van der Waals surface area contributed by atoms with Crippen LogP contribution in [0.25, 0.3) is 0 Å². The highest BCUT2D eigenvalue weighted by molar-refractivity contribution is 8.00. The highest BCUT2D eigenvalue weighted by atomic mass is 32.2. The first-order chi connectivity index (χ1) is 10.1. The van der Waals surface area contributed by atoms with E-state index in [1.54, 1.807) is 0 Å². The summed E-state index contributed by atoms with van der Waals surface area (Å²) in [5, 5.41) is 11.8. The number of carbonyl (C=O) groups excluding carboxylic acids is 1. The van der Waals surface area contributed by atoms with Crippen molar-refractivity contribution in [3.05, 3.63) is 34.9 Å². The summed E-state index contributed by atoms with van der Waals surface area (Å²) in [5.41, 5.74) is 2.42. The summed E-state index contributed by atoms with van der Waals surface area (Å²) < 4.78 is 0.253. The first kappa shape index (κ1) is 15.9. The summed E-state index contributed by atoms with van der Waals surface area (Å²) in [6.45, 7) is 2.73. The fourth-order valence-electron chi connectivity index (χ4n) is 2.10. The molecule has 2 rings (SSSR count). The van der Waals surface area contributed by atoms with Crippen molar-refractivity contribution in [3.8, 4) is 11.8 Å². The Morgan fingerprint density at radius 1 is 1.48 bits per heavy atom. The Balaban J connectivity index is 2.11. The molecule has 0 radical (unpaired) electrons. The number of amides is 1. The summed E-state index contributed by atoms with van der Waals surface area (Å²) >= 11 is 1.83. The number of aryl methyl sites for hydroxylation is 1. The quantitative estimate of drug-likeness (QED) is 0.821. The second-order valence-electron chi connectivity index (χ2n) is 5.39. The lowest BCUT2D eigenvalue weighted by molar-refractivity contribution is 0.0953. The lowest BCUT2D eigenvalue weighted by atomic mass is 10.0. The fourth-order valence-corrected chi connectivity index (χ4v) is 2.83. The van der Waals surface area contributed by atoms with E-state index in [4.69, 9.17) is 5.11 Å². The number of hydrogen-bond donors (Lipinski definition) is 2. The minimum atomic E-state index is -0.0661. The molecule has 0 aromatic heterocycles. The van der Waals surface area contributed by atoms with Gasteiger partial charge < -0.3 is 10.4 Å². The van der Waals surface area contributed by atoms with Crippen LogP contribution in [-0.4, -0.2) is 35.2 Å². The number of aliphatic hydroxyl groups is 1. The van der Waals surface area contributed by atoms with Crippen molar-refractivity contribution in [2.45, 2.75) is 30.9 Å². The Morgan fingerprint density at radius 3 is 2.86 bits per heavy atom. The van der Waals surface area contributed by atoms with E-state index in [0.29, 0.717) is 18.5 Å². The summed E-state index contributed by atoms with van der Waals surface area (Å²) in [4.78, 5) is 12.4. The van der Waals surface area contributed by atoms with Gasteiger partial charge in [0.2, 0.25) is 0 Å². The first-order valence-corrected chi connectivity index (χ1v) is 8.36. The largest absolute Gasteiger partial charge is 0.395 e. The van der Waals surface area contributed by atoms with E-state index < -0.39 is 0 Å². The van der Waals surface area contributed by atoms with Gasteiger partial charge in [-0.2, -0.15) is 11.8 Å². The minimum Gasteiger partial charge on any atom is -0.395 e. The average molecular weight is 303 g/mol. The molecule has 0 spiro atoms. The third-order valence-electron chi connectivity index (χ3n) is 3.69. The third kappa shape index (κ3) is 4.26. The molecule has 1 aromatic rings. The molecule has 4 heteroatoms. The highest BCUT2D eigenvalue weighted by Crippen LogP contribution is 2.46. The normalized spacial score (nSPS) is 15.0. The van der Waals surface area contributed by atoms with Crippen LogP contribution in [0.5, 0.6) is 0 Å². The van der Waals surface area contributed by atoms with Gasteiger partial charge in [-0.25, -0.2) is 0 Å². The second kappa shape index (κ2) is 7.02. The smallest absolute Gasteiger partial charge is 0.252 e. The molecular formula is C17H21NO2S. The first-order valence-electron chi connectivity index (χ1n) is 7.14. The Morgan fingerprint density at radius 2 is 2.24 bits per heavy atom. The molecular weight excluding hydrogens is 282 g/mol. The summed E-state index contributed by atoms with van der Waals surface area (Å²) in [6, 6.07) is 5.67. The minimum absolute atomic E-state index is 0.0383. The number of aliphatic hydroxyl groups excluding tert-OH is 1. The van der Waals surface area contributed by atoms with E-state index in [1.165, 1.54) is 12.8 Å². The van der Waals surface area contributed by atoms with Gasteiger partial charge in [-0.1, -0.05) is 17.9 Å². The van der Waals surface area contributed by atoms with Crippen LogP contribution in [0, 0.1) is 18.8 Å². The SMILES string of the molecule is CSC1(CNC(=O)c2ccc(C)cc2C#CCCO)CC1. The van der Waals surface area contributed by atoms with E-state index in [2.05, 4.69) is 23.4 Å². The lowest BCUT2D eigenvalue weighted by Gasteiger charge is -2.14. The van der Waals surface area contributed by atoms with Crippen molar-refractivity contribution in [1.82, 2.24) is 5.32 Å². The van der Waals surface area contributed by atoms with E-state index >= 15 is 0 Å². The van der Waals surface area contributed by atoms with Gasteiger partial charge in [0.25, 0.3) is 5.91 Å². The van der Waals surface area contributed by atoms with E-state index in [9.17, 15) is 4.79 Å². The average Bonchev–Trinajstić information content (AvgIpc) is 3.26. The molecule has 0 atom stereocenters. The molecule has 112 valence electrons. The zero-order valence-corrected chi connectivity index (χ0v) is 13.3. The Kier molecular flexibility index (Phi) is 5.33. The van der Waals surface area contributed by atoms with E-state index in [1.807, 2.05) is 36.9 Å². The topological polar surface area (TPSA) is 49.3 Å². The molecule has 1 aliphatic rings. The third-order valence-corrected chi connectivity index (χ3v) is 5.11. The Labute approximate surface area is 130 Å². The van der Waals surface area contributed by atoms with Crippen LogP contribution in [0.15, 0.2) is 18.2 Å². The highest BCUT2D eigenvalue weighted by Gasteiger charge is 2.42. The van der Waals surface area contributed by atoms with Crippen LogP contribution in [0.2, 0.25) is 0 Å². The van der Waals surface area contributed by atoms with Crippen LogP contribution >= 0.6 is 11.8 Å². The molecule has 0 heterocycles. The van der Waals surface area contributed by atoms with E-state index in [0.717, 1.165) is 11.1 Å². The van der Waals surface area contributed by atoms with Crippen molar-refractivity contribution in [3.63, 3.8) is 0 Å². The van der Waals surface area contributed by atoms with Gasteiger partial charge >= 0.3 is 0 Å². The van der Waals surface area contributed by atoms with Crippen molar-refractivity contribution in [2.75, 3.05) is 19.4 Å². The molecule has 1 aromatic carbocycles. The van der Waals surface area contributed by atoms with Gasteiger partial charge in [0.15, 0.2) is 0 Å². The van der Waals surface area contributed by atoms with Gasteiger partial charge in [-0.3, -0.25) is 4.79 Å². The van der Waals surface area contributed by atoms with Crippen molar-refractivity contribution in [1.29, 1.82) is 0 Å². The molecule has 1 saturated carbocycles. The number of carbonyl (C=O) groups is 1.